The summed E-state index contributed by atoms with van der Waals surface area (Å²) >= 11 is 1.73. The number of nitrogens with zero attached hydrogens (tertiary/aromatic N) is 4. The summed E-state index contributed by atoms with van der Waals surface area (Å²) in [5.74, 6) is 1.08. The van der Waals surface area contributed by atoms with E-state index in [1.54, 1.807) is 17.8 Å². The van der Waals surface area contributed by atoms with E-state index < -0.39 is 0 Å². The normalized spacial score (nSPS) is 21.7. The Labute approximate surface area is 224 Å². The van der Waals surface area contributed by atoms with E-state index in [0.717, 1.165) is 73.2 Å². The highest BCUT2D eigenvalue weighted by molar-refractivity contribution is 7.98. The van der Waals surface area contributed by atoms with Gasteiger partial charge in [0.05, 0.1) is 11.0 Å². The van der Waals surface area contributed by atoms with Gasteiger partial charge in [0.1, 0.15) is 11.6 Å². The van der Waals surface area contributed by atoms with Gasteiger partial charge in [-0.15, -0.1) is 11.8 Å². The van der Waals surface area contributed by atoms with Crippen molar-refractivity contribution in [2.75, 3.05) is 45.6 Å². The van der Waals surface area contributed by atoms with Gasteiger partial charge in [0.15, 0.2) is 0 Å². The van der Waals surface area contributed by atoms with Crippen molar-refractivity contribution in [1.29, 1.82) is 0 Å². The second-order valence-electron chi connectivity index (χ2n) is 11.0. The van der Waals surface area contributed by atoms with Crippen LogP contribution >= 0.6 is 11.8 Å². The number of aryl methyl sites for hydroxylation is 1. The van der Waals surface area contributed by atoms with Crippen LogP contribution in [-0.2, 0) is 11.8 Å². The number of piperidine rings is 2. The molecule has 4 heterocycles. The first-order chi connectivity index (χ1) is 18.1. The number of benzene rings is 2. The van der Waals surface area contributed by atoms with Crippen molar-refractivity contribution in [3.63, 3.8) is 0 Å². The molecule has 0 aliphatic carbocycles. The molecular weight excluding hydrogens is 483 g/mol. The summed E-state index contributed by atoms with van der Waals surface area (Å²) in [5.41, 5.74) is 3.67. The number of ether oxygens (including phenoxy) is 1. The Kier molecular flexibility index (Phi) is 7.57. The van der Waals surface area contributed by atoms with E-state index in [2.05, 4.69) is 40.3 Å². The number of hydrogen-bond donors (Lipinski definition) is 0. The highest BCUT2D eigenvalue weighted by Crippen LogP contribution is 2.35. The first kappa shape index (κ1) is 25.4. The molecule has 1 aromatic heterocycles. The number of halogens is 1. The number of rotatable bonds is 5. The fraction of sp³-hybridized carbons (Fsp3) is 0.567. The molecule has 198 valence electrons. The summed E-state index contributed by atoms with van der Waals surface area (Å²) in [7, 11) is 1.98. The highest BCUT2D eigenvalue weighted by atomic mass is 32.2. The lowest BCUT2D eigenvalue weighted by Crippen LogP contribution is -2.50. The zero-order valence-corrected chi connectivity index (χ0v) is 23.0. The number of hydrogen-bond acceptors (Lipinski definition) is 5. The van der Waals surface area contributed by atoms with Gasteiger partial charge in [-0.25, -0.2) is 9.37 Å². The SMILES string of the molecule is CSc1ccc(-c2nc3cc(C4CCN(C5CCN(C6CCOCC6)CC5)CC4)c(F)cc3n2C)cc1. The predicted octanol–water partition coefficient (Wildman–Crippen LogP) is 5.92. The minimum absolute atomic E-state index is 0.0806. The van der Waals surface area contributed by atoms with Crippen LogP contribution in [0.25, 0.3) is 22.4 Å². The fourth-order valence-corrected chi connectivity index (χ4v) is 7.19. The second kappa shape index (κ2) is 11.0. The summed E-state index contributed by atoms with van der Waals surface area (Å²) in [6.07, 6.45) is 9.03. The summed E-state index contributed by atoms with van der Waals surface area (Å²) < 4.78 is 23.0. The zero-order valence-electron chi connectivity index (χ0n) is 22.2. The maximum absolute atomic E-state index is 15.4. The Bertz CT molecular complexity index is 1210. The monoisotopic (exact) mass is 522 g/mol. The molecule has 3 fully saturated rings. The van der Waals surface area contributed by atoms with Gasteiger partial charge < -0.3 is 19.1 Å². The topological polar surface area (TPSA) is 33.5 Å². The maximum Gasteiger partial charge on any atom is 0.140 e. The van der Waals surface area contributed by atoms with Gasteiger partial charge in [-0.05, 0) is 101 Å². The fourth-order valence-electron chi connectivity index (χ4n) is 6.78. The van der Waals surface area contributed by atoms with Crippen LogP contribution in [0.2, 0.25) is 0 Å². The van der Waals surface area contributed by atoms with E-state index in [0.29, 0.717) is 6.04 Å². The molecule has 0 amide bonds. The van der Waals surface area contributed by atoms with Crippen LogP contribution in [0.15, 0.2) is 41.3 Å². The minimum atomic E-state index is -0.0806. The summed E-state index contributed by atoms with van der Waals surface area (Å²) in [5, 5.41) is 0. The predicted molar refractivity (Wildman–Crippen MR) is 150 cm³/mol. The molecule has 0 bridgehead atoms. The van der Waals surface area contributed by atoms with E-state index in [-0.39, 0.29) is 11.7 Å². The van der Waals surface area contributed by atoms with Crippen molar-refractivity contribution in [1.82, 2.24) is 19.4 Å². The Morgan fingerprint density at radius 3 is 2.14 bits per heavy atom. The summed E-state index contributed by atoms with van der Waals surface area (Å²) in [6.45, 7) is 6.40. The molecule has 0 saturated carbocycles. The lowest BCUT2D eigenvalue weighted by molar-refractivity contribution is 0.0104. The van der Waals surface area contributed by atoms with Gasteiger partial charge in [-0.3, -0.25) is 0 Å². The molecule has 0 unspecified atom stereocenters. The van der Waals surface area contributed by atoms with Crippen LogP contribution in [0.4, 0.5) is 4.39 Å². The lowest BCUT2D eigenvalue weighted by atomic mass is 9.87. The van der Waals surface area contributed by atoms with E-state index in [9.17, 15) is 0 Å². The van der Waals surface area contributed by atoms with Crippen LogP contribution in [0, 0.1) is 5.82 Å². The molecule has 3 aromatic rings. The largest absolute Gasteiger partial charge is 0.381 e. The minimum Gasteiger partial charge on any atom is -0.381 e. The van der Waals surface area contributed by atoms with E-state index in [1.807, 2.05) is 17.7 Å². The van der Waals surface area contributed by atoms with Crippen LogP contribution in [0.1, 0.15) is 50.0 Å². The standard InChI is InChI=1S/C30H39FN4OS/c1-33-29-20-27(31)26(19-28(29)32-30(33)22-3-5-25(37-2)6-4-22)21-7-13-34(14-8-21)23-9-15-35(16-10-23)24-11-17-36-18-12-24/h3-6,19-21,23-24H,7-18H2,1-2H3. The smallest absolute Gasteiger partial charge is 0.140 e. The number of thioether (sulfide) groups is 1. The maximum atomic E-state index is 15.4. The lowest BCUT2D eigenvalue weighted by Gasteiger charge is -2.44. The molecule has 5 nitrogen and oxygen atoms in total. The van der Waals surface area contributed by atoms with Crippen molar-refractivity contribution in [2.45, 2.75) is 61.4 Å². The third-order valence-electron chi connectivity index (χ3n) is 9.04. The number of imidazole rings is 1. The van der Waals surface area contributed by atoms with Gasteiger partial charge in [0.25, 0.3) is 0 Å². The summed E-state index contributed by atoms with van der Waals surface area (Å²) in [6, 6.07) is 13.6. The molecule has 3 saturated heterocycles. The molecule has 3 aliphatic rings. The molecule has 0 spiro atoms. The van der Waals surface area contributed by atoms with E-state index in [4.69, 9.17) is 9.72 Å². The molecule has 2 aromatic carbocycles. The number of aromatic nitrogens is 2. The summed E-state index contributed by atoms with van der Waals surface area (Å²) in [4.78, 5) is 11.6. The molecule has 0 atom stereocenters. The Hall–Kier alpha value is -1.93. The van der Waals surface area contributed by atoms with Gasteiger partial charge in [-0.2, -0.15) is 0 Å². The quantitative estimate of drug-likeness (QED) is 0.388. The molecule has 6 rings (SSSR count). The molecule has 37 heavy (non-hydrogen) atoms. The van der Waals surface area contributed by atoms with Gasteiger partial charge in [-0.1, -0.05) is 12.1 Å². The molecule has 0 N–H and O–H groups in total. The van der Waals surface area contributed by atoms with E-state index in [1.165, 1.54) is 43.7 Å². The number of likely N-dealkylation sites (tertiary alicyclic amines) is 2. The van der Waals surface area contributed by atoms with Gasteiger partial charge in [0.2, 0.25) is 0 Å². The van der Waals surface area contributed by atoms with Crippen molar-refractivity contribution in [2.24, 2.45) is 7.05 Å². The zero-order chi connectivity index (χ0) is 25.4. The van der Waals surface area contributed by atoms with Crippen molar-refractivity contribution in [3.8, 4) is 11.4 Å². The van der Waals surface area contributed by atoms with E-state index >= 15 is 4.39 Å². The average molecular weight is 523 g/mol. The molecule has 3 aliphatic heterocycles. The van der Waals surface area contributed by atoms with Crippen LogP contribution in [0.3, 0.4) is 0 Å². The van der Waals surface area contributed by atoms with Crippen molar-refractivity contribution in [3.05, 3.63) is 47.8 Å². The van der Waals surface area contributed by atoms with Crippen molar-refractivity contribution < 1.29 is 9.13 Å². The van der Waals surface area contributed by atoms with Crippen molar-refractivity contribution >= 4 is 22.8 Å². The molecular formula is C30H39FN4OS. The Balaban J connectivity index is 1.11. The molecule has 0 radical (unpaired) electrons. The third kappa shape index (κ3) is 5.20. The van der Waals surface area contributed by atoms with Crippen LogP contribution in [0.5, 0.6) is 0 Å². The second-order valence-corrected chi connectivity index (χ2v) is 11.9. The third-order valence-corrected chi connectivity index (χ3v) is 9.78. The van der Waals surface area contributed by atoms with Gasteiger partial charge in [0, 0.05) is 48.9 Å². The van der Waals surface area contributed by atoms with Gasteiger partial charge >= 0.3 is 0 Å². The molecule has 7 heteroatoms. The van der Waals surface area contributed by atoms with Crippen LogP contribution in [-0.4, -0.2) is 77.1 Å². The highest BCUT2D eigenvalue weighted by Gasteiger charge is 2.32. The first-order valence-corrected chi connectivity index (χ1v) is 15.2. The first-order valence-electron chi connectivity index (χ1n) is 14.0. The Morgan fingerprint density at radius 2 is 1.49 bits per heavy atom. The van der Waals surface area contributed by atoms with Crippen LogP contribution < -0.4 is 0 Å². The Morgan fingerprint density at radius 1 is 0.865 bits per heavy atom. The average Bonchev–Trinajstić information content (AvgIpc) is 3.28. The number of fused-ring (bicyclic) bond motifs is 1.